The number of nitrogens with zero attached hydrogens (tertiary/aromatic N) is 1. The summed E-state index contributed by atoms with van der Waals surface area (Å²) in [7, 11) is 0. The minimum absolute atomic E-state index is 0.260. The zero-order valence-corrected chi connectivity index (χ0v) is 10.0. The van der Waals surface area contributed by atoms with Crippen molar-refractivity contribution in [2.75, 3.05) is 0 Å². The maximum Gasteiger partial charge on any atom is 0.264 e. The van der Waals surface area contributed by atoms with E-state index in [4.69, 9.17) is 4.84 Å². The van der Waals surface area contributed by atoms with E-state index in [-0.39, 0.29) is 11.8 Å². The molecular weight excluding hydrogens is 301 g/mol. The molecule has 1 aromatic heterocycles. The van der Waals surface area contributed by atoms with Crippen molar-refractivity contribution in [3.63, 3.8) is 0 Å². The predicted octanol–water partition coefficient (Wildman–Crippen LogP) is 2.37. The molecule has 0 radical (unpaired) electrons. The average molecular weight is 309 g/mol. The molecule has 92 valence electrons. The molecule has 2 aliphatic rings. The van der Waals surface area contributed by atoms with Crippen LogP contribution in [0.1, 0.15) is 12.1 Å². The third-order valence-corrected chi connectivity index (χ3v) is 3.69. The molecule has 1 N–H and O–H groups in total. The van der Waals surface area contributed by atoms with Gasteiger partial charge in [-0.15, -0.1) is 0 Å². The number of alkyl halides is 2. The van der Waals surface area contributed by atoms with E-state index in [1.54, 1.807) is 0 Å². The summed E-state index contributed by atoms with van der Waals surface area (Å²) in [6.07, 6.45) is -2.54. The van der Waals surface area contributed by atoms with E-state index in [0.717, 1.165) is 6.07 Å². The van der Waals surface area contributed by atoms with E-state index in [1.165, 1.54) is 6.07 Å². The monoisotopic (exact) mass is 308 g/mol. The van der Waals surface area contributed by atoms with Gasteiger partial charge in [0.1, 0.15) is 16.1 Å². The van der Waals surface area contributed by atoms with Gasteiger partial charge in [0.05, 0.1) is 6.10 Å². The first kappa shape index (κ1) is 11.4. The summed E-state index contributed by atoms with van der Waals surface area (Å²) in [6.45, 7) is 0. The summed E-state index contributed by atoms with van der Waals surface area (Å²) in [5.74, 6) is -1.17. The summed E-state index contributed by atoms with van der Waals surface area (Å²) >= 11 is 3.06. The maximum atomic E-state index is 13.7. The molecule has 2 heterocycles. The van der Waals surface area contributed by atoms with Gasteiger partial charge in [-0.1, -0.05) is 0 Å². The van der Waals surface area contributed by atoms with Crippen molar-refractivity contribution >= 4 is 15.9 Å². The van der Waals surface area contributed by atoms with Gasteiger partial charge in [0, 0.05) is 5.92 Å². The van der Waals surface area contributed by atoms with Crippen LogP contribution < -0.4 is 5.48 Å². The minimum atomic E-state index is -2.78. The number of nitrogens with one attached hydrogen (secondary N) is 1. The summed E-state index contributed by atoms with van der Waals surface area (Å²) in [5, 5.41) is 0. The fourth-order valence-electron chi connectivity index (χ4n) is 2.27. The van der Waals surface area contributed by atoms with Gasteiger partial charge in [0.15, 0.2) is 5.54 Å². The van der Waals surface area contributed by atoms with Crippen molar-refractivity contribution < 1.29 is 18.0 Å². The summed E-state index contributed by atoms with van der Waals surface area (Å²) in [5.41, 5.74) is 0.174. The van der Waals surface area contributed by atoms with Crippen molar-refractivity contribution in [1.29, 1.82) is 0 Å². The molecule has 7 heteroatoms. The van der Waals surface area contributed by atoms with Crippen LogP contribution in [0, 0.1) is 11.7 Å². The molecule has 1 aliphatic heterocycles. The van der Waals surface area contributed by atoms with Gasteiger partial charge in [0.2, 0.25) is 0 Å². The second kappa shape index (κ2) is 3.66. The van der Waals surface area contributed by atoms with Gasteiger partial charge < -0.3 is 0 Å². The Bertz CT molecular complexity index is 473. The van der Waals surface area contributed by atoms with Crippen LogP contribution >= 0.6 is 15.9 Å². The molecule has 0 bridgehead atoms. The number of hydroxylamine groups is 1. The summed E-state index contributed by atoms with van der Waals surface area (Å²) in [4.78, 5) is 8.85. The Morgan fingerprint density at radius 1 is 1.53 bits per heavy atom. The van der Waals surface area contributed by atoms with Gasteiger partial charge in [-0.3, -0.25) is 4.84 Å². The topological polar surface area (TPSA) is 34.2 Å². The van der Waals surface area contributed by atoms with E-state index in [0.29, 0.717) is 11.0 Å². The Hall–Kier alpha value is -0.660. The number of hydrogen-bond donors (Lipinski definition) is 1. The second-order valence-electron chi connectivity index (χ2n) is 4.23. The fourth-order valence-corrected chi connectivity index (χ4v) is 2.58. The highest BCUT2D eigenvalue weighted by molar-refractivity contribution is 9.10. The molecule has 1 saturated carbocycles. The quantitative estimate of drug-likeness (QED) is 0.852. The molecule has 3 atom stereocenters. The molecule has 2 fully saturated rings. The van der Waals surface area contributed by atoms with Gasteiger partial charge in [-0.25, -0.2) is 18.2 Å². The van der Waals surface area contributed by atoms with Gasteiger partial charge in [-0.05, 0) is 34.5 Å². The normalized spacial score (nSPS) is 35.1. The third kappa shape index (κ3) is 1.52. The third-order valence-electron chi connectivity index (χ3n) is 3.24. The molecule has 1 aliphatic carbocycles. The summed E-state index contributed by atoms with van der Waals surface area (Å²) < 4.78 is 40.6. The fraction of sp³-hybridized carbons (Fsp3) is 0.500. The van der Waals surface area contributed by atoms with E-state index >= 15 is 0 Å². The van der Waals surface area contributed by atoms with Crippen molar-refractivity contribution in [2.45, 2.75) is 24.5 Å². The molecule has 17 heavy (non-hydrogen) atoms. The van der Waals surface area contributed by atoms with E-state index in [1.807, 2.05) is 0 Å². The van der Waals surface area contributed by atoms with Crippen molar-refractivity contribution in [3.05, 3.63) is 28.2 Å². The molecule has 0 spiro atoms. The number of rotatable bonds is 2. The second-order valence-corrected chi connectivity index (χ2v) is 5.05. The Morgan fingerprint density at radius 2 is 2.29 bits per heavy atom. The molecule has 1 saturated heterocycles. The number of aromatic nitrogens is 1. The van der Waals surface area contributed by atoms with Gasteiger partial charge in [-0.2, -0.15) is 5.48 Å². The molecule has 0 aromatic carbocycles. The van der Waals surface area contributed by atoms with E-state index in [2.05, 4.69) is 26.4 Å². The molecule has 1 unspecified atom stereocenters. The standard InChI is InChI=1S/C10H8BrF3N2O/c11-7-2-1-5(12)8(15-7)10(9(13)14)4-3-6(4)17-16-10/h1-2,4,6,9,16H,3H2/t4-,6+,10?/m0/s1. The van der Waals surface area contributed by atoms with Crippen LogP contribution in [-0.4, -0.2) is 17.5 Å². The average Bonchev–Trinajstić information content (AvgIpc) is 2.97. The molecule has 0 amide bonds. The number of fused-ring (bicyclic) bond motifs is 1. The number of pyridine rings is 1. The summed E-state index contributed by atoms with van der Waals surface area (Å²) in [6, 6.07) is 2.49. The predicted molar refractivity (Wildman–Crippen MR) is 55.7 cm³/mol. The first-order valence-corrected chi connectivity index (χ1v) is 5.88. The molecule has 3 rings (SSSR count). The SMILES string of the molecule is Fc1ccc(Br)nc1C1(C(F)F)NO[C@@H]2C[C@@H]21. The van der Waals surface area contributed by atoms with Crippen molar-refractivity contribution in [1.82, 2.24) is 10.5 Å². The van der Waals surface area contributed by atoms with Crippen molar-refractivity contribution in [2.24, 2.45) is 5.92 Å². The van der Waals surface area contributed by atoms with Crippen LogP contribution in [-0.2, 0) is 10.4 Å². The molecule has 1 aromatic rings. The van der Waals surface area contributed by atoms with Gasteiger partial charge in [0.25, 0.3) is 6.43 Å². The van der Waals surface area contributed by atoms with E-state index < -0.39 is 23.7 Å². The lowest BCUT2D eigenvalue weighted by molar-refractivity contribution is -0.0587. The zero-order chi connectivity index (χ0) is 12.2. The zero-order valence-electron chi connectivity index (χ0n) is 8.46. The lowest BCUT2D eigenvalue weighted by Gasteiger charge is -2.29. The van der Waals surface area contributed by atoms with Crippen LogP contribution in [0.4, 0.5) is 13.2 Å². The Morgan fingerprint density at radius 3 is 2.82 bits per heavy atom. The Balaban J connectivity index is 2.13. The minimum Gasteiger partial charge on any atom is -0.297 e. The highest BCUT2D eigenvalue weighted by atomic mass is 79.9. The van der Waals surface area contributed by atoms with Crippen LogP contribution in [0.25, 0.3) is 0 Å². The van der Waals surface area contributed by atoms with Crippen LogP contribution in [0.15, 0.2) is 16.7 Å². The Kier molecular flexibility index (Phi) is 2.46. The number of halogens is 4. The maximum absolute atomic E-state index is 13.7. The smallest absolute Gasteiger partial charge is 0.264 e. The molecule has 3 nitrogen and oxygen atoms in total. The first-order valence-electron chi connectivity index (χ1n) is 5.09. The highest BCUT2D eigenvalue weighted by Gasteiger charge is 2.67. The first-order chi connectivity index (χ1) is 8.05. The largest absolute Gasteiger partial charge is 0.297 e. The lowest BCUT2D eigenvalue weighted by atomic mass is 9.90. The number of hydrogen-bond acceptors (Lipinski definition) is 3. The van der Waals surface area contributed by atoms with Gasteiger partial charge >= 0.3 is 0 Å². The van der Waals surface area contributed by atoms with Crippen LogP contribution in [0.5, 0.6) is 0 Å². The van der Waals surface area contributed by atoms with Crippen molar-refractivity contribution in [3.8, 4) is 0 Å². The van der Waals surface area contributed by atoms with Crippen LogP contribution in [0.2, 0.25) is 0 Å². The Labute approximate surface area is 103 Å². The van der Waals surface area contributed by atoms with Crippen LogP contribution in [0.3, 0.4) is 0 Å². The van der Waals surface area contributed by atoms with E-state index in [9.17, 15) is 13.2 Å². The lowest BCUT2D eigenvalue weighted by Crippen LogP contribution is -2.48. The highest BCUT2D eigenvalue weighted by Crippen LogP contribution is 2.55. The molecular formula is C10H8BrF3N2O.